The summed E-state index contributed by atoms with van der Waals surface area (Å²) in [4.78, 5) is 29.2. The number of nitrogens with zero attached hydrogens (tertiary/aromatic N) is 2. The summed E-state index contributed by atoms with van der Waals surface area (Å²) in [6, 6.07) is 7.06. The highest BCUT2D eigenvalue weighted by atomic mass is 32.2. The van der Waals surface area contributed by atoms with Crippen molar-refractivity contribution in [2.24, 2.45) is 0 Å². The van der Waals surface area contributed by atoms with Crippen molar-refractivity contribution in [2.75, 3.05) is 43.0 Å². The smallest absolute Gasteiger partial charge is 0.255 e. The summed E-state index contributed by atoms with van der Waals surface area (Å²) in [6.45, 7) is 9.01. The Kier molecular flexibility index (Phi) is 7.12. The Morgan fingerprint density at radius 2 is 1.83 bits per heavy atom. The monoisotopic (exact) mass is 349 g/mol. The molecule has 1 atom stereocenters. The summed E-state index contributed by atoms with van der Waals surface area (Å²) in [6.07, 6.45) is 0. The zero-order valence-corrected chi connectivity index (χ0v) is 15.6. The predicted octanol–water partition coefficient (Wildman–Crippen LogP) is 2.54. The lowest BCUT2D eigenvalue weighted by molar-refractivity contribution is -0.120. The second kappa shape index (κ2) is 9.08. The Morgan fingerprint density at radius 3 is 2.46 bits per heavy atom. The van der Waals surface area contributed by atoms with Crippen molar-refractivity contribution >= 4 is 29.3 Å². The molecule has 132 valence electrons. The molecule has 2 amide bonds. The lowest BCUT2D eigenvalue weighted by atomic mass is 10.1. The molecule has 0 bridgehead atoms. The van der Waals surface area contributed by atoms with Crippen molar-refractivity contribution in [1.29, 1.82) is 0 Å². The fourth-order valence-corrected chi connectivity index (χ4v) is 3.76. The number of benzene rings is 1. The van der Waals surface area contributed by atoms with Crippen molar-refractivity contribution in [3.63, 3.8) is 0 Å². The molecule has 0 unspecified atom stereocenters. The van der Waals surface area contributed by atoms with E-state index < -0.39 is 0 Å². The van der Waals surface area contributed by atoms with Crippen LogP contribution in [0.3, 0.4) is 0 Å². The number of carbonyl (C=O) groups excluding carboxylic acids is 2. The Bertz CT molecular complexity index is 569. The molecule has 24 heavy (non-hydrogen) atoms. The second-order valence-corrected chi connectivity index (χ2v) is 7.06. The van der Waals surface area contributed by atoms with E-state index in [9.17, 15) is 9.59 Å². The van der Waals surface area contributed by atoms with E-state index in [0.717, 1.165) is 24.6 Å². The van der Waals surface area contributed by atoms with E-state index in [2.05, 4.69) is 10.2 Å². The van der Waals surface area contributed by atoms with E-state index in [0.29, 0.717) is 24.3 Å². The third-order valence-electron chi connectivity index (χ3n) is 4.44. The average molecular weight is 350 g/mol. The van der Waals surface area contributed by atoms with Gasteiger partial charge >= 0.3 is 0 Å². The standard InChI is InChI=1S/C18H27N3O2S/c1-4-20(5-2)18(23)15-8-6-7-9-16(15)19-17(22)14(3)21-10-12-24-13-11-21/h6-9,14H,4-5,10-13H2,1-3H3,(H,19,22)/t14-/m0/s1. The Hall–Kier alpha value is -1.53. The second-order valence-electron chi connectivity index (χ2n) is 5.84. The third-order valence-corrected chi connectivity index (χ3v) is 5.38. The van der Waals surface area contributed by atoms with Gasteiger partial charge in [-0.3, -0.25) is 14.5 Å². The van der Waals surface area contributed by atoms with Crippen LogP contribution in [0.4, 0.5) is 5.69 Å². The number of hydrogen-bond donors (Lipinski definition) is 1. The van der Waals surface area contributed by atoms with Gasteiger partial charge in [0.1, 0.15) is 0 Å². The molecule has 5 nitrogen and oxygen atoms in total. The molecule has 1 heterocycles. The Balaban J connectivity index is 2.11. The van der Waals surface area contributed by atoms with Crippen LogP contribution in [0, 0.1) is 0 Å². The molecule has 6 heteroatoms. The molecule has 1 fully saturated rings. The van der Waals surface area contributed by atoms with Crippen LogP contribution in [0.15, 0.2) is 24.3 Å². The van der Waals surface area contributed by atoms with Crippen LogP contribution in [0.5, 0.6) is 0 Å². The van der Waals surface area contributed by atoms with Gasteiger partial charge in [0.15, 0.2) is 0 Å². The maximum atomic E-state index is 12.6. The van der Waals surface area contributed by atoms with E-state index in [4.69, 9.17) is 0 Å². The molecule has 1 N–H and O–H groups in total. The lowest BCUT2D eigenvalue weighted by Crippen LogP contribution is -2.46. The highest BCUT2D eigenvalue weighted by Gasteiger charge is 2.24. The lowest BCUT2D eigenvalue weighted by Gasteiger charge is -2.31. The number of carbonyl (C=O) groups is 2. The number of rotatable bonds is 6. The largest absolute Gasteiger partial charge is 0.339 e. The molecule has 2 rings (SSSR count). The van der Waals surface area contributed by atoms with Gasteiger partial charge in [0.05, 0.1) is 17.3 Å². The van der Waals surface area contributed by atoms with E-state index in [1.165, 1.54) is 0 Å². The molecular formula is C18H27N3O2S. The molecule has 0 aromatic heterocycles. The topological polar surface area (TPSA) is 52.7 Å². The highest BCUT2D eigenvalue weighted by Crippen LogP contribution is 2.19. The minimum atomic E-state index is -0.192. The van der Waals surface area contributed by atoms with E-state index >= 15 is 0 Å². The van der Waals surface area contributed by atoms with E-state index in [-0.39, 0.29) is 17.9 Å². The molecule has 1 aliphatic heterocycles. The number of nitrogens with one attached hydrogen (secondary N) is 1. The van der Waals surface area contributed by atoms with Gasteiger partial charge < -0.3 is 10.2 Å². The molecule has 0 saturated carbocycles. The number of anilines is 1. The van der Waals surface area contributed by atoms with Crippen molar-refractivity contribution < 1.29 is 9.59 Å². The van der Waals surface area contributed by atoms with E-state index in [1.54, 1.807) is 17.0 Å². The first-order valence-electron chi connectivity index (χ1n) is 8.59. The normalized spacial score (nSPS) is 16.5. The SMILES string of the molecule is CCN(CC)C(=O)c1ccccc1NC(=O)[C@H](C)N1CCSCC1. The summed E-state index contributed by atoms with van der Waals surface area (Å²) in [7, 11) is 0. The van der Waals surface area contributed by atoms with Crippen LogP contribution in [0.1, 0.15) is 31.1 Å². The summed E-state index contributed by atoms with van der Waals surface area (Å²) in [5.41, 5.74) is 1.15. The maximum Gasteiger partial charge on any atom is 0.255 e. The van der Waals surface area contributed by atoms with Gasteiger partial charge in [-0.15, -0.1) is 0 Å². The van der Waals surface area contributed by atoms with Crippen LogP contribution in [0.25, 0.3) is 0 Å². The van der Waals surface area contributed by atoms with Crippen molar-refractivity contribution in [2.45, 2.75) is 26.8 Å². The zero-order chi connectivity index (χ0) is 17.5. The number of amides is 2. The van der Waals surface area contributed by atoms with Gasteiger partial charge in [-0.05, 0) is 32.9 Å². The summed E-state index contributed by atoms with van der Waals surface area (Å²) < 4.78 is 0. The summed E-state index contributed by atoms with van der Waals surface area (Å²) in [5, 5.41) is 2.96. The summed E-state index contributed by atoms with van der Waals surface area (Å²) >= 11 is 1.92. The predicted molar refractivity (Wildman–Crippen MR) is 101 cm³/mol. The van der Waals surface area contributed by atoms with Gasteiger partial charge in [0.2, 0.25) is 5.91 Å². The molecule has 1 aliphatic rings. The Morgan fingerprint density at radius 1 is 1.21 bits per heavy atom. The molecule has 1 aromatic rings. The molecule has 0 spiro atoms. The van der Waals surface area contributed by atoms with Gasteiger partial charge in [0, 0.05) is 37.7 Å². The fourth-order valence-electron chi connectivity index (χ4n) is 2.83. The number of hydrogen-bond acceptors (Lipinski definition) is 4. The molecule has 0 aliphatic carbocycles. The first-order chi connectivity index (χ1) is 11.6. The van der Waals surface area contributed by atoms with Crippen LogP contribution in [0.2, 0.25) is 0 Å². The van der Waals surface area contributed by atoms with Gasteiger partial charge in [0.25, 0.3) is 5.91 Å². The Labute approximate surface area is 148 Å². The fraction of sp³-hybridized carbons (Fsp3) is 0.556. The van der Waals surface area contributed by atoms with Crippen LogP contribution in [-0.4, -0.2) is 65.3 Å². The molecule has 0 radical (unpaired) electrons. The first kappa shape index (κ1) is 18.8. The van der Waals surface area contributed by atoms with E-state index in [1.807, 2.05) is 44.7 Å². The highest BCUT2D eigenvalue weighted by molar-refractivity contribution is 7.99. The van der Waals surface area contributed by atoms with Crippen LogP contribution in [-0.2, 0) is 4.79 Å². The van der Waals surface area contributed by atoms with Gasteiger partial charge in [-0.1, -0.05) is 12.1 Å². The van der Waals surface area contributed by atoms with Crippen LogP contribution >= 0.6 is 11.8 Å². The van der Waals surface area contributed by atoms with Crippen molar-refractivity contribution in [3.05, 3.63) is 29.8 Å². The van der Waals surface area contributed by atoms with Crippen molar-refractivity contribution in [1.82, 2.24) is 9.80 Å². The average Bonchev–Trinajstić information content (AvgIpc) is 2.63. The third kappa shape index (κ3) is 4.51. The molecular weight excluding hydrogens is 322 g/mol. The minimum Gasteiger partial charge on any atom is -0.339 e. The first-order valence-corrected chi connectivity index (χ1v) is 9.74. The quantitative estimate of drug-likeness (QED) is 0.857. The minimum absolute atomic E-state index is 0.0436. The number of para-hydroxylation sites is 1. The van der Waals surface area contributed by atoms with Crippen LogP contribution < -0.4 is 5.32 Å². The summed E-state index contributed by atoms with van der Waals surface area (Å²) in [5.74, 6) is 2.03. The maximum absolute atomic E-state index is 12.6. The molecule has 1 aromatic carbocycles. The van der Waals surface area contributed by atoms with Crippen molar-refractivity contribution in [3.8, 4) is 0 Å². The van der Waals surface area contributed by atoms with Gasteiger partial charge in [-0.25, -0.2) is 0 Å². The zero-order valence-electron chi connectivity index (χ0n) is 14.7. The van der Waals surface area contributed by atoms with Gasteiger partial charge in [-0.2, -0.15) is 11.8 Å². The molecule has 1 saturated heterocycles. The number of thioether (sulfide) groups is 1.